The molecule has 1 aliphatic rings. The molecule has 2 N–H and O–H groups in total. The van der Waals surface area contributed by atoms with Gasteiger partial charge in [0.2, 0.25) is 5.91 Å². The molecule has 0 atom stereocenters. The van der Waals surface area contributed by atoms with Crippen molar-refractivity contribution in [3.8, 4) is 0 Å². The quantitative estimate of drug-likeness (QED) is 0.528. The Hall–Kier alpha value is -4.40. The van der Waals surface area contributed by atoms with Crippen molar-refractivity contribution in [1.82, 2.24) is 9.80 Å². The minimum absolute atomic E-state index is 0.0742. The summed E-state index contributed by atoms with van der Waals surface area (Å²) in [4.78, 5) is 42.6. The maximum Gasteiger partial charge on any atom is 0.321 e. The number of aryl methyl sites for hydroxylation is 1. The number of likely N-dealkylation sites (N-methyl/N-ethyl adjacent to an activating group) is 1. The molecule has 192 valence electrons. The van der Waals surface area contributed by atoms with E-state index in [-0.39, 0.29) is 24.0 Å². The molecule has 0 aliphatic carbocycles. The number of hydrogen-bond acceptors (Lipinski definition) is 4. The van der Waals surface area contributed by atoms with Gasteiger partial charge in [0.1, 0.15) is 5.82 Å². The van der Waals surface area contributed by atoms with E-state index in [0.29, 0.717) is 31.9 Å². The van der Waals surface area contributed by atoms with Gasteiger partial charge in [0.15, 0.2) is 0 Å². The average Bonchev–Trinajstić information content (AvgIpc) is 2.89. The Bertz CT molecular complexity index is 1270. The summed E-state index contributed by atoms with van der Waals surface area (Å²) in [5.74, 6) is -1.56. The summed E-state index contributed by atoms with van der Waals surface area (Å²) in [5.41, 5.74) is 3.38. The first-order valence-corrected chi connectivity index (χ1v) is 12.1. The van der Waals surface area contributed by atoms with E-state index in [4.69, 9.17) is 0 Å². The van der Waals surface area contributed by atoms with E-state index in [1.807, 2.05) is 43.3 Å². The molecule has 9 heteroatoms. The molecule has 0 radical (unpaired) electrons. The smallest absolute Gasteiger partial charge is 0.321 e. The van der Waals surface area contributed by atoms with Crippen molar-refractivity contribution in [2.24, 2.45) is 0 Å². The van der Waals surface area contributed by atoms with E-state index in [0.717, 1.165) is 16.9 Å². The number of carbonyl (C=O) groups excluding carboxylic acids is 3. The Balaban J connectivity index is 1.25. The minimum Gasteiger partial charge on any atom is -0.368 e. The van der Waals surface area contributed by atoms with E-state index in [9.17, 15) is 18.8 Å². The lowest BCUT2D eigenvalue weighted by Gasteiger charge is -2.36. The zero-order chi connectivity index (χ0) is 26.4. The highest BCUT2D eigenvalue weighted by Crippen LogP contribution is 2.20. The standard InChI is InChI=1S/C28H30FN5O3/c1-20-6-5-7-22(18-20)31-28(37)34-16-14-33(15-17-34)23-12-10-21(11-13-23)30-26(35)19-32(2)27(36)24-8-3-4-9-25(24)29/h3-13,18H,14-17,19H2,1-2H3,(H,30,35)(H,31,37). The van der Waals surface area contributed by atoms with Crippen LogP contribution in [0.3, 0.4) is 0 Å². The fourth-order valence-electron chi connectivity index (χ4n) is 4.18. The predicted octanol–water partition coefficient (Wildman–Crippen LogP) is 4.20. The number of halogens is 1. The monoisotopic (exact) mass is 503 g/mol. The van der Waals surface area contributed by atoms with Crippen molar-refractivity contribution in [2.75, 3.05) is 55.3 Å². The van der Waals surface area contributed by atoms with Gasteiger partial charge in [-0.3, -0.25) is 9.59 Å². The van der Waals surface area contributed by atoms with Crippen molar-refractivity contribution in [2.45, 2.75) is 6.92 Å². The van der Waals surface area contributed by atoms with E-state index >= 15 is 0 Å². The maximum atomic E-state index is 13.9. The molecule has 37 heavy (non-hydrogen) atoms. The largest absolute Gasteiger partial charge is 0.368 e. The molecule has 4 amide bonds. The molecule has 0 saturated carbocycles. The highest BCUT2D eigenvalue weighted by atomic mass is 19.1. The first kappa shape index (κ1) is 25.7. The summed E-state index contributed by atoms with van der Waals surface area (Å²) in [6, 6.07) is 20.7. The summed E-state index contributed by atoms with van der Waals surface area (Å²) >= 11 is 0. The van der Waals surface area contributed by atoms with Crippen molar-refractivity contribution in [1.29, 1.82) is 0 Å². The number of piperazine rings is 1. The number of amides is 4. The third kappa shape index (κ3) is 6.63. The van der Waals surface area contributed by atoms with Crippen LogP contribution in [0.25, 0.3) is 0 Å². The van der Waals surface area contributed by atoms with Crippen LogP contribution in [0.15, 0.2) is 72.8 Å². The summed E-state index contributed by atoms with van der Waals surface area (Å²) < 4.78 is 13.9. The summed E-state index contributed by atoms with van der Waals surface area (Å²) in [6.07, 6.45) is 0. The molecule has 4 rings (SSSR count). The number of hydrogen-bond donors (Lipinski definition) is 2. The lowest BCUT2D eigenvalue weighted by Crippen LogP contribution is -2.50. The van der Waals surface area contributed by atoms with Gasteiger partial charge >= 0.3 is 6.03 Å². The molecular formula is C28H30FN5O3. The maximum absolute atomic E-state index is 13.9. The van der Waals surface area contributed by atoms with Crippen LogP contribution in [-0.2, 0) is 4.79 Å². The van der Waals surface area contributed by atoms with Crippen LogP contribution in [0.4, 0.5) is 26.2 Å². The Kier molecular flexibility index (Phi) is 8.02. The lowest BCUT2D eigenvalue weighted by molar-refractivity contribution is -0.116. The van der Waals surface area contributed by atoms with Crippen LogP contribution in [0.5, 0.6) is 0 Å². The number of urea groups is 1. The van der Waals surface area contributed by atoms with Crippen LogP contribution < -0.4 is 15.5 Å². The average molecular weight is 504 g/mol. The van der Waals surface area contributed by atoms with Gasteiger partial charge in [-0.25, -0.2) is 9.18 Å². The van der Waals surface area contributed by atoms with E-state index in [1.54, 1.807) is 23.1 Å². The van der Waals surface area contributed by atoms with E-state index < -0.39 is 11.7 Å². The van der Waals surface area contributed by atoms with Crippen LogP contribution in [0.1, 0.15) is 15.9 Å². The molecule has 3 aromatic carbocycles. The molecule has 0 bridgehead atoms. The first-order chi connectivity index (χ1) is 17.8. The molecule has 1 aliphatic heterocycles. The zero-order valence-electron chi connectivity index (χ0n) is 20.9. The third-order valence-electron chi connectivity index (χ3n) is 6.18. The number of nitrogens with zero attached hydrogens (tertiary/aromatic N) is 3. The molecule has 0 aromatic heterocycles. The second-order valence-corrected chi connectivity index (χ2v) is 9.01. The molecule has 3 aromatic rings. The zero-order valence-corrected chi connectivity index (χ0v) is 20.9. The van der Waals surface area contributed by atoms with Gasteiger partial charge in [-0.05, 0) is 61.0 Å². The van der Waals surface area contributed by atoms with Crippen molar-refractivity contribution >= 4 is 34.9 Å². The molecule has 0 unspecified atom stereocenters. The number of nitrogens with one attached hydrogen (secondary N) is 2. The van der Waals surface area contributed by atoms with Gasteiger partial charge in [0, 0.05) is 50.3 Å². The third-order valence-corrected chi connectivity index (χ3v) is 6.18. The van der Waals surface area contributed by atoms with E-state index in [1.165, 1.54) is 30.1 Å². The van der Waals surface area contributed by atoms with Crippen LogP contribution in [-0.4, -0.2) is 67.4 Å². The van der Waals surface area contributed by atoms with Crippen molar-refractivity contribution in [3.63, 3.8) is 0 Å². The predicted molar refractivity (Wildman–Crippen MR) is 142 cm³/mol. The number of carbonyl (C=O) groups is 3. The second kappa shape index (κ2) is 11.6. The normalized spacial score (nSPS) is 13.2. The van der Waals surface area contributed by atoms with Gasteiger partial charge in [-0.1, -0.05) is 24.3 Å². The Labute approximate surface area is 215 Å². The molecule has 0 spiro atoms. The molecular weight excluding hydrogens is 473 g/mol. The highest BCUT2D eigenvalue weighted by Gasteiger charge is 2.22. The van der Waals surface area contributed by atoms with Gasteiger partial charge in [0.05, 0.1) is 12.1 Å². The fourth-order valence-corrected chi connectivity index (χ4v) is 4.18. The summed E-state index contributed by atoms with van der Waals surface area (Å²) in [5, 5.41) is 5.72. The minimum atomic E-state index is -0.622. The number of rotatable bonds is 6. The molecule has 8 nitrogen and oxygen atoms in total. The SMILES string of the molecule is Cc1cccc(NC(=O)N2CCN(c3ccc(NC(=O)CN(C)C(=O)c4ccccc4F)cc3)CC2)c1. The Morgan fingerprint density at radius 3 is 2.24 bits per heavy atom. The first-order valence-electron chi connectivity index (χ1n) is 12.1. The van der Waals surface area contributed by atoms with Gasteiger partial charge in [0.25, 0.3) is 5.91 Å². The summed E-state index contributed by atoms with van der Waals surface area (Å²) in [7, 11) is 1.46. The second-order valence-electron chi connectivity index (χ2n) is 9.01. The summed E-state index contributed by atoms with van der Waals surface area (Å²) in [6.45, 7) is 4.35. The lowest BCUT2D eigenvalue weighted by atomic mass is 10.2. The van der Waals surface area contributed by atoms with E-state index in [2.05, 4.69) is 15.5 Å². The van der Waals surface area contributed by atoms with Crippen LogP contribution in [0.2, 0.25) is 0 Å². The van der Waals surface area contributed by atoms with Crippen LogP contribution >= 0.6 is 0 Å². The number of benzene rings is 3. The van der Waals surface area contributed by atoms with Crippen LogP contribution in [0, 0.1) is 12.7 Å². The van der Waals surface area contributed by atoms with Gasteiger partial charge < -0.3 is 25.3 Å². The Morgan fingerprint density at radius 1 is 0.865 bits per heavy atom. The highest BCUT2D eigenvalue weighted by molar-refractivity contribution is 5.99. The van der Waals surface area contributed by atoms with Crippen molar-refractivity contribution < 1.29 is 18.8 Å². The topological polar surface area (TPSA) is 85.0 Å². The molecule has 1 heterocycles. The van der Waals surface area contributed by atoms with Crippen molar-refractivity contribution in [3.05, 3.63) is 89.7 Å². The Morgan fingerprint density at radius 2 is 1.57 bits per heavy atom. The van der Waals surface area contributed by atoms with Gasteiger partial charge in [-0.15, -0.1) is 0 Å². The number of anilines is 3. The fraction of sp³-hybridized carbons (Fsp3) is 0.250. The molecule has 1 saturated heterocycles. The molecule has 1 fully saturated rings. The van der Waals surface area contributed by atoms with Gasteiger partial charge in [-0.2, -0.15) is 0 Å².